The Bertz CT molecular complexity index is 222. The molecule has 0 fully saturated rings. The largest absolute Gasteiger partial charge is 0.532 e. The number of hydrogen-bond donors (Lipinski definition) is 0. The van der Waals surface area contributed by atoms with Crippen molar-refractivity contribution in [3.05, 3.63) is 11.3 Å². The van der Waals surface area contributed by atoms with Gasteiger partial charge in [-0.15, -0.1) is 0 Å². The molecular weight excluding hydrogens is 208 g/mol. The van der Waals surface area contributed by atoms with Crippen molar-refractivity contribution in [1.82, 2.24) is 0 Å². The first-order chi connectivity index (χ1) is 7.18. The molecular formula is C11H22O3Si. The molecule has 1 atom stereocenters. The summed E-state index contributed by atoms with van der Waals surface area (Å²) >= 11 is 0. The Kier molecular flexibility index (Phi) is 4.98. The Morgan fingerprint density at radius 2 is 1.93 bits per heavy atom. The van der Waals surface area contributed by atoms with Crippen LogP contribution in [-0.2, 0) is 13.3 Å². The molecule has 88 valence electrons. The van der Waals surface area contributed by atoms with E-state index >= 15 is 0 Å². The highest BCUT2D eigenvalue weighted by Crippen LogP contribution is 2.28. The van der Waals surface area contributed by atoms with Crippen molar-refractivity contribution in [2.75, 3.05) is 13.2 Å². The van der Waals surface area contributed by atoms with Crippen LogP contribution < -0.4 is 0 Å². The maximum absolute atomic E-state index is 6.04. The summed E-state index contributed by atoms with van der Waals surface area (Å²) < 4.78 is 17.6. The van der Waals surface area contributed by atoms with Gasteiger partial charge in [-0.05, 0) is 38.8 Å². The maximum Gasteiger partial charge on any atom is 0.532 e. The summed E-state index contributed by atoms with van der Waals surface area (Å²) in [6.07, 6.45) is 4.48. The first-order valence-electron chi connectivity index (χ1n) is 5.81. The van der Waals surface area contributed by atoms with Gasteiger partial charge in [0.1, 0.15) is 0 Å². The van der Waals surface area contributed by atoms with Crippen LogP contribution in [0.15, 0.2) is 11.3 Å². The average Bonchev–Trinajstić information content (AvgIpc) is 2.23. The van der Waals surface area contributed by atoms with E-state index < -0.39 is 8.80 Å². The van der Waals surface area contributed by atoms with Crippen LogP contribution in [0.3, 0.4) is 0 Å². The molecule has 1 aliphatic rings. The first-order valence-corrected chi connectivity index (χ1v) is 7.53. The molecule has 15 heavy (non-hydrogen) atoms. The van der Waals surface area contributed by atoms with Crippen molar-refractivity contribution < 1.29 is 13.3 Å². The highest BCUT2D eigenvalue weighted by Gasteiger charge is 2.46. The molecule has 0 saturated carbocycles. The summed E-state index contributed by atoms with van der Waals surface area (Å²) in [5.74, 6) is 0. The van der Waals surface area contributed by atoms with Crippen molar-refractivity contribution in [3.8, 4) is 0 Å². The van der Waals surface area contributed by atoms with Crippen LogP contribution in [-0.4, -0.2) is 28.1 Å². The fourth-order valence-electron chi connectivity index (χ4n) is 1.76. The highest BCUT2D eigenvalue weighted by atomic mass is 28.4. The quantitative estimate of drug-likeness (QED) is 0.680. The summed E-state index contributed by atoms with van der Waals surface area (Å²) in [5.41, 5.74) is 0. The third kappa shape index (κ3) is 2.90. The second kappa shape index (κ2) is 5.79. The Labute approximate surface area is 93.8 Å². The van der Waals surface area contributed by atoms with Gasteiger partial charge in [0, 0.05) is 13.2 Å². The molecule has 0 aromatic carbocycles. The molecule has 1 rings (SSSR count). The summed E-state index contributed by atoms with van der Waals surface area (Å²) in [7, 11) is -2.51. The first kappa shape index (κ1) is 12.9. The van der Waals surface area contributed by atoms with Gasteiger partial charge in [0.2, 0.25) is 0 Å². The van der Waals surface area contributed by atoms with Crippen LogP contribution >= 0.6 is 0 Å². The Hall–Kier alpha value is -0.163. The second-order valence-electron chi connectivity index (χ2n) is 3.69. The van der Waals surface area contributed by atoms with E-state index in [-0.39, 0.29) is 6.10 Å². The molecule has 0 bridgehead atoms. The van der Waals surface area contributed by atoms with Gasteiger partial charge in [0.15, 0.2) is 0 Å². The Morgan fingerprint density at radius 3 is 2.40 bits per heavy atom. The zero-order chi connectivity index (χ0) is 11.3. The predicted molar refractivity (Wildman–Crippen MR) is 62.5 cm³/mol. The Morgan fingerprint density at radius 1 is 1.33 bits per heavy atom. The summed E-state index contributed by atoms with van der Waals surface area (Å²) in [6.45, 7) is 9.46. The number of rotatable bonds is 5. The van der Waals surface area contributed by atoms with Crippen LogP contribution in [0, 0.1) is 0 Å². The molecule has 1 heterocycles. The Balaban J connectivity index is 2.82. The van der Waals surface area contributed by atoms with Gasteiger partial charge in [0.05, 0.1) is 6.10 Å². The monoisotopic (exact) mass is 230 g/mol. The summed E-state index contributed by atoms with van der Waals surface area (Å²) in [5, 5.41) is 1.16. The molecule has 1 unspecified atom stereocenters. The topological polar surface area (TPSA) is 27.7 Å². The predicted octanol–water partition coefficient (Wildman–Crippen LogP) is 2.68. The van der Waals surface area contributed by atoms with Gasteiger partial charge in [-0.3, -0.25) is 0 Å². The minimum Gasteiger partial charge on any atom is -0.370 e. The van der Waals surface area contributed by atoms with Crippen LogP contribution in [0.1, 0.15) is 40.5 Å². The lowest BCUT2D eigenvalue weighted by Gasteiger charge is -2.36. The summed E-state index contributed by atoms with van der Waals surface area (Å²) in [6, 6.07) is 0. The fourth-order valence-corrected chi connectivity index (χ4v) is 4.45. The van der Waals surface area contributed by atoms with Gasteiger partial charge >= 0.3 is 8.80 Å². The second-order valence-corrected chi connectivity index (χ2v) is 6.41. The molecule has 0 N–H and O–H groups in total. The third-order valence-electron chi connectivity index (χ3n) is 2.62. The molecule has 3 nitrogen and oxygen atoms in total. The van der Waals surface area contributed by atoms with Crippen LogP contribution in [0.4, 0.5) is 0 Å². The normalized spacial score (nSPS) is 25.1. The van der Waals surface area contributed by atoms with Gasteiger partial charge in [0.25, 0.3) is 0 Å². The van der Waals surface area contributed by atoms with Crippen molar-refractivity contribution in [2.45, 2.75) is 46.6 Å². The molecule has 0 saturated heterocycles. The molecule has 4 heteroatoms. The van der Waals surface area contributed by atoms with Crippen molar-refractivity contribution in [3.63, 3.8) is 0 Å². The zero-order valence-corrected chi connectivity index (χ0v) is 11.2. The lowest BCUT2D eigenvalue weighted by Crippen LogP contribution is -2.52. The molecule has 0 aromatic rings. The fraction of sp³-hybridized carbons (Fsp3) is 0.818. The highest BCUT2D eigenvalue weighted by molar-refractivity contribution is 6.68. The lowest BCUT2D eigenvalue weighted by atomic mass is 10.2. The average molecular weight is 230 g/mol. The van der Waals surface area contributed by atoms with Crippen molar-refractivity contribution >= 4 is 8.80 Å². The number of hydrogen-bond acceptors (Lipinski definition) is 3. The van der Waals surface area contributed by atoms with E-state index in [4.69, 9.17) is 13.3 Å². The van der Waals surface area contributed by atoms with Crippen molar-refractivity contribution in [2.24, 2.45) is 0 Å². The van der Waals surface area contributed by atoms with Crippen molar-refractivity contribution in [1.29, 1.82) is 0 Å². The summed E-state index contributed by atoms with van der Waals surface area (Å²) in [4.78, 5) is 0. The number of allylic oxidation sites excluding steroid dienone is 1. The van der Waals surface area contributed by atoms with E-state index in [0.29, 0.717) is 13.2 Å². The molecule has 0 radical (unpaired) electrons. The zero-order valence-electron chi connectivity index (χ0n) is 10.2. The molecule has 0 aliphatic carbocycles. The van der Waals surface area contributed by atoms with E-state index in [1.807, 2.05) is 13.8 Å². The molecule has 1 aliphatic heterocycles. The molecule has 0 amide bonds. The van der Waals surface area contributed by atoms with E-state index in [1.54, 1.807) is 0 Å². The standard InChI is InChI=1S/C11H22O3Si/c1-5-11-9-8-10(4)15(14-11,12-6-2)13-7-3/h8,11H,5-7,9H2,1-4H3. The molecule has 0 spiro atoms. The minimum atomic E-state index is -2.51. The third-order valence-corrected chi connectivity index (χ3v) is 5.77. The van der Waals surface area contributed by atoms with E-state index in [9.17, 15) is 0 Å². The van der Waals surface area contributed by atoms with Gasteiger partial charge < -0.3 is 13.3 Å². The van der Waals surface area contributed by atoms with E-state index in [1.165, 1.54) is 0 Å². The SMILES string of the molecule is CCO[Si]1(OCC)OC(CC)CC=C1C. The van der Waals surface area contributed by atoms with Gasteiger partial charge in [-0.2, -0.15) is 0 Å². The van der Waals surface area contributed by atoms with Crippen LogP contribution in [0.2, 0.25) is 0 Å². The van der Waals surface area contributed by atoms with Gasteiger partial charge in [-0.25, -0.2) is 0 Å². The van der Waals surface area contributed by atoms with E-state index in [2.05, 4.69) is 19.9 Å². The van der Waals surface area contributed by atoms with E-state index in [0.717, 1.165) is 18.0 Å². The molecule has 0 aromatic heterocycles. The smallest absolute Gasteiger partial charge is 0.370 e. The van der Waals surface area contributed by atoms with Gasteiger partial charge in [-0.1, -0.05) is 13.0 Å². The van der Waals surface area contributed by atoms with Crippen LogP contribution in [0.5, 0.6) is 0 Å². The minimum absolute atomic E-state index is 0.262. The van der Waals surface area contributed by atoms with Crippen LogP contribution in [0.25, 0.3) is 0 Å². The lowest BCUT2D eigenvalue weighted by molar-refractivity contribution is 0.0344. The maximum atomic E-state index is 6.04.